The molecule has 2 rings (SSSR count). The molecule has 2 aromatic heterocycles. The maximum atomic E-state index is 10.1. The molecule has 0 aliphatic carbocycles. The van der Waals surface area contributed by atoms with Crippen LogP contribution in [0.5, 0.6) is 0 Å². The van der Waals surface area contributed by atoms with Gasteiger partial charge in [0.25, 0.3) is 0 Å². The first-order valence-corrected chi connectivity index (χ1v) is 5.84. The molecule has 0 aromatic carbocycles. The van der Waals surface area contributed by atoms with E-state index in [1.807, 2.05) is 48.0 Å². The number of rotatable bonds is 3. The van der Waals surface area contributed by atoms with Gasteiger partial charge in [-0.3, -0.25) is 0 Å². The van der Waals surface area contributed by atoms with Crippen LogP contribution < -0.4 is 33.1 Å². The first-order chi connectivity index (χ1) is 8.58. The van der Waals surface area contributed by atoms with Gasteiger partial charge < -0.3 is 34.2 Å². The van der Waals surface area contributed by atoms with Crippen molar-refractivity contribution in [1.29, 1.82) is 0 Å². The highest BCUT2D eigenvalue weighted by atomic mass is 127. The summed E-state index contributed by atoms with van der Waals surface area (Å²) in [6.45, 7) is 0. The van der Waals surface area contributed by atoms with E-state index in [1.54, 1.807) is 24.3 Å². The van der Waals surface area contributed by atoms with Gasteiger partial charge in [0.1, 0.15) is 26.3 Å². The Kier molecular flexibility index (Phi) is 5.84. The van der Waals surface area contributed by atoms with Gasteiger partial charge in [-0.05, 0) is 11.1 Å². The number of hydrogen-bond acceptors (Lipinski definition) is 2. The lowest BCUT2D eigenvalue weighted by Crippen LogP contribution is -3.00. The molecule has 0 saturated heterocycles. The van der Waals surface area contributed by atoms with Crippen LogP contribution in [0.2, 0.25) is 0 Å². The maximum absolute atomic E-state index is 10.1. The number of aryl methyl sites for hydroxylation is 2. The van der Waals surface area contributed by atoms with Crippen molar-refractivity contribution < 1.29 is 43.3 Å². The SMILES string of the molecule is C[n+]1ccc([C@H](O)[C@@H](O)c2cc[n+](C)cc2)cc1.[I-]. The van der Waals surface area contributed by atoms with E-state index in [0.29, 0.717) is 11.1 Å². The topological polar surface area (TPSA) is 48.2 Å². The molecule has 5 heteroatoms. The Morgan fingerprint density at radius 1 is 0.737 bits per heavy atom. The monoisotopic (exact) mass is 373 g/mol. The molecule has 0 amide bonds. The van der Waals surface area contributed by atoms with Crippen molar-refractivity contribution in [3.8, 4) is 0 Å². The highest BCUT2D eigenvalue weighted by Crippen LogP contribution is 2.27. The van der Waals surface area contributed by atoms with Crippen LogP contribution in [0.15, 0.2) is 49.1 Å². The summed E-state index contributed by atoms with van der Waals surface area (Å²) in [5.41, 5.74) is 1.41. The Bertz CT molecular complexity index is 464. The summed E-state index contributed by atoms with van der Waals surface area (Å²) in [5.74, 6) is 0. The standard InChI is InChI=1S/C14H18N2O2.HI/c1-15-7-3-11(4-8-15)13(17)14(18)12-5-9-16(2)10-6-12;/h3-10,13-14,17-18H,1-2H3;1H/q+2;/p-1/t13-,14-;/m0./s1. The molecule has 0 radical (unpaired) electrons. The average molecular weight is 373 g/mol. The zero-order chi connectivity index (χ0) is 13.1. The van der Waals surface area contributed by atoms with Crippen LogP contribution >= 0.6 is 0 Å². The smallest absolute Gasteiger partial charge is 0.168 e. The van der Waals surface area contributed by atoms with E-state index in [9.17, 15) is 10.2 Å². The molecule has 102 valence electrons. The molecule has 0 unspecified atom stereocenters. The van der Waals surface area contributed by atoms with Crippen LogP contribution in [0.3, 0.4) is 0 Å². The summed E-state index contributed by atoms with van der Waals surface area (Å²) in [6.07, 6.45) is 5.54. The van der Waals surface area contributed by atoms with E-state index in [1.165, 1.54) is 0 Å². The fourth-order valence-corrected chi connectivity index (χ4v) is 1.78. The first-order valence-electron chi connectivity index (χ1n) is 5.84. The minimum atomic E-state index is -0.918. The minimum absolute atomic E-state index is 0. The van der Waals surface area contributed by atoms with Crippen molar-refractivity contribution in [2.24, 2.45) is 14.1 Å². The highest BCUT2D eigenvalue weighted by molar-refractivity contribution is 5.19. The predicted molar refractivity (Wildman–Crippen MR) is 65.2 cm³/mol. The van der Waals surface area contributed by atoms with Crippen LogP contribution in [0.25, 0.3) is 0 Å². The summed E-state index contributed by atoms with van der Waals surface area (Å²) in [4.78, 5) is 0. The maximum Gasteiger partial charge on any atom is 0.168 e. The van der Waals surface area contributed by atoms with Crippen LogP contribution in [-0.2, 0) is 14.1 Å². The molecule has 2 N–H and O–H groups in total. The average Bonchev–Trinajstić information content (AvgIpc) is 2.39. The number of nitrogens with zero attached hydrogens (tertiary/aromatic N) is 2. The Morgan fingerprint density at radius 2 is 1.00 bits per heavy atom. The van der Waals surface area contributed by atoms with Crippen molar-refractivity contribution in [2.45, 2.75) is 12.2 Å². The molecule has 0 spiro atoms. The zero-order valence-corrected chi connectivity index (χ0v) is 13.1. The lowest BCUT2D eigenvalue weighted by atomic mass is 10.00. The molecular weight excluding hydrogens is 355 g/mol. The van der Waals surface area contributed by atoms with Crippen molar-refractivity contribution in [2.75, 3.05) is 0 Å². The summed E-state index contributed by atoms with van der Waals surface area (Å²) in [7, 11) is 3.81. The fraction of sp³-hybridized carbons (Fsp3) is 0.286. The molecular formula is C14H18IN2O2+. The Labute approximate surface area is 130 Å². The quantitative estimate of drug-likeness (QED) is 0.448. The third-order valence-corrected chi connectivity index (χ3v) is 2.99. The van der Waals surface area contributed by atoms with Crippen LogP contribution in [0, 0.1) is 0 Å². The van der Waals surface area contributed by atoms with Gasteiger partial charge in [0.05, 0.1) is 0 Å². The molecule has 4 nitrogen and oxygen atoms in total. The predicted octanol–water partition coefficient (Wildman–Crippen LogP) is -2.89. The number of hydrogen-bond donors (Lipinski definition) is 2. The molecule has 0 fully saturated rings. The van der Waals surface area contributed by atoms with E-state index in [-0.39, 0.29) is 24.0 Å². The second kappa shape index (κ2) is 6.93. The first kappa shape index (κ1) is 16.0. The van der Waals surface area contributed by atoms with Crippen LogP contribution in [0.1, 0.15) is 23.3 Å². The number of pyridine rings is 2. The largest absolute Gasteiger partial charge is 1.00 e. The highest BCUT2D eigenvalue weighted by Gasteiger charge is 2.21. The molecule has 0 aliphatic heterocycles. The zero-order valence-electron chi connectivity index (χ0n) is 10.9. The molecule has 19 heavy (non-hydrogen) atoms. The second-order valence-electron chi connectivity index (χ2n) is 4.48. The van der Waals surface area contributed by atoms with Crippen LogP contribution in [-0.4, -0.2) is 10.2 Å². The van der Waals surface area contributed by atoms with Crippen molar-refractivity contribution in [3.05, 3.63) is 60.2 Å². The normalized spacial score (nSPS) is 13.5. The molecule has 0 bridgehead atoms. The van der Waals surface area contributed by atoms with E-state index in [4.69, 9.17) is 0 Å². The summed E-state index contributed by atoms with van der Waals surface area (Å²) >= 11 is 0. The fourth-order valence-electron chi connectivity index (χ4n) is 1.78. The number of aliphatic hydroxyl groups excluding tert-OH is 2. The summed E-state index contributed by atoms with van der Waals surface area (Å²) < 4.78 is 3.76. The molecule has 2 atom stereocenters. The Hall–Kier alpha value is -1.05. The second-order valence-corrected chi connectivity index (χ2v) is 4.48. The van der Waals surface area contributed by atoms with E-state index < -0.39 is 12.2 Å². The van der Waals surface area contributed by atoms with Crippen LogP contribution in [0.4, 0.5) is 0 Å². The van der Waals surface area contributed by atoms with Gasteiger partial charge in [-0.2, -0.15) is 0 Å². The van der Waals surface area contributed by atoms with Gasteiger partial charge in [-0.15, -0.1) is 0 Å². The van der Waals surface area contributed by atoms with E-state index in [0.717, 1.165) is 0 Å². The lowest BCUT2D eigenvalue weighted by molar-refractivity contribution is -0.671. The summed E-state index contributed by atoms with van der Waals surface area (Å²) in [6, 6.07) is 7.21. The third-order valence-electron chi connectivity index (χ3n) is 2.99. The number of aliphatic hydroxyl groups is 2. The Morgan fingerprint density at radius 3 is 1.26 bits per heavy atom. The molecule has 0 aliphatic rings. The van der Waals surface area contributed by atoms with Gasteiger partial charge in [-0.25, -0.2) is 9.13 Å². The van der Waals surface area contributed by atoms with E-state index in [2.05, 4.69) is 0 Å². The van der Waals surface area contributed by atoms with Gasteiger partial charge >= 0.3 is 0 Å². The molecule has 0 saturated carbocycles. The third kappa shape index (κ3) is 3.95. The van der Waals surface area contributed by atoms with Gasteiger partial charge in [0, 0.05) is 24.3 Å². The summed E-state index contributed by atoms with van der Waals surface area (Å²) in [5, 5.41) is 20.3. The minimum Gasteiger partial charge on any atom is -1.00 e. The van der Waals surface area contributed by atoms with Crippen molar-refractivity contribution in [1.82, 2.24) is 0 Å². The number of aromatic nitrogens is 2. The molecule has 2 aromatic rings. The Balaban J connectivity index is 0.00000180. The van der Waals surface area contributed by atoms with Gasteiger partial charge in [-0.1, -0.05) is 0 Å². The molecule has 2 heterocycles. The van der Waals surface area contributed by atoms with Crippen molar-refractivity contribution in [3.63, 3.8) is 0 Å². The van der Waals surface area contributed by atoms with Crippen molar-refractivity contribution >= 4 is 0 Å². The van der Waals surface area contributed by atoms with E-state index >= 15 is 0 Å². The lowest BCUT2D eigenvalue weighted by Gasteiger charge is -2.17. The van der Waals surface area contributed by atoms with Gasteiger partial charge in [0.2, 0.25) is 0 Å². The number of halogens is 1. The van der Waals surface area contributed by atoms with Gasteiger partial charge in [0.15, 0.2) is 24.8 Å².